The fourth-order valence-electron chi connectivity index (χ4n) is 5.02. The number of nitrogens with zero attached hydrogens (tertiary/aromatic N) is 3. The highest BCUT2D eigenvalue weighted by Gasteiger charge is 2.33. The van der Waals surface area contributed by atoms with Crippen LogP contribution in [0.15, 0.2) is 121 Å². The van der Waals surface area contributed by atoms with Crippen LogP contribution in [0.5, 0.6) is 0 Å². The summed E-state index contributed by atoms with van der Waals surface area (Å²) in [6.07, 6.45) is 1.79. The molecule has 0 spiro atoms. The van der Waals surface area contributed by atoms with E-state index >= 15 is 4.57 Å². The van der Waals surface area contributed by atoms with Crippen molar-refractivity contribution >= 4 is 66.8 Å². The number of aromatic nitrogens is 3. The van der Waals surface area contributed by atoms with Crippen LogP contribution in [-0.2, 0) is 4.57 Å². The van der Waals surface area contributed by atoms with Gasteiger partial charge in [-0.25, -0.2) is 9.97 Å². The van der Waals surface area contributed by atoms with Crippen LogP contribution < -0.4 is 16.0 Å². The SMILES string of the molecule is O=P(c1ccccc1)(c1ccccc1)c1nc2cc3ccc4cccnc4c3nc2c2ccccc12. The molecule has 0 N–H and O–H groups in total. The molecule has 7 rings (SSSR count). The number of hydrogen-bond donors (Lipinski definition) is 0. The van der Waals surface area contributed by atoms with Crippen LogP contribution in [0.2, 0.25) is 0 Å². The number of hydrogen-bond acceptors (Lipinski definition) is 4. The van der Waals surface area contributed by atoms with Crippen LogP contribution in [-0.4, -0.2) is 15.0 Å². The highest BCUT2D eigenvalue weighted by Crippen LogP contribution is 2.44. The third-order valence-corrected chi connectivity index (χ3v) is 9.71. The Morgan fingerprint density at radius 1 is 0.528 bits per heavy atom. The third kappa shape index (κ3) is 3.08. The summed E-state index contributed by atoms with van der Waals surface area (Å²) in [5.74, 6) is 0. The largest absolute Gasteiger partial charge is 0.307 e. The molecule has 4 nitrogen and oxygen atoms in total. The van der Waals surface area contributed by atoms with E-state index < -0.39 is 7.14 Å². The summed E-state index contributed by atoms with van der Waals surface area (Å²) in [6, 6.07) is 37.5. The van der Waals surface area contributed by atoms with E-state index in [1.54, 1.807) is 6.20 Å². The number of pyridine rings is 3. The lowest BCUT2D eigenvalue weighted by molar-refractivity contribution is 0.592. The van der Waals surface area contributed by atoms with Gasteiger partial charge >= 0.3 is 0 Å². The number of rotatable bonds is 3. The van der Waals surface area contributed by atoms with Gasteiger partial charge in [-0.05, 0) is 12.1 Å². The van der Waals surface area contributed by atoms with E-state index in [2.05, 4.69) is 17.1 Å². The molecule has 0 radical (unpaired) electrons. The normalized spacial score (nSPS) is 12.0. The number of benzene rings is 4. The average molecular weight is 481 g/mol. The molecule has 170 valence electrons. The van der Waals surface area contributed by atoms with Crippen molar-refractivity contribution < 1.29 is 4.57 Å². The molecule has 0 aliphatic rings. The van der Waals surface area contributed by atoms with E-state index in [0.29, 0.717) is 5.44 Å². The summed E-state index contributed by atoms with van der Waals surface area (Å²) >= 11 is 0. The molecule has 4 aromatic carbocycles. The smallest absolute Gasteiger partial charge is 0.189 e. The van der Waals surface area contributed by atoms with Crippen LogP contribution >= 0.6 is 7.14 Å². The minimum absolute atomic E-state index is 0.586. The Kier molecular flexibility index (Phi) is 4.70. The van der Waals surface area contributed by atoms with Gasteiger partial charge in [0, 0.05) is 38.4 Å². The van der Waals surface area contributed by atoms with Crippen molar-refractivity contribution in [1.29, 1.82) is 0 Å². The van der Waals surface area contributed by atoms with E-state index in [1.807, 2.05) is 103 Å². The molecule has 0 atom stereocenters. The first-order chi connectivity index (χ1) is 17.7. The molecule has 5 heteroatoms. The van der Waals surface area contributed by atoms with Gasteiger partial charge in [-0.1, -0.05) is 103 Å². The monoisotopic (exact) mass is 481 g/mol. The van der Waals surface area contributed by atoms with Gasteiger partial charge < -0.3 is 4.57 Å². The molecule has 0 aliphatic heterocycles. The highest BCUT2D eigenvalue weighted by molar-refractivity contribution is 7.85. The van der Waals surface area contributed by atoms with Crippen molar-refractivity contribution in [2.75, 3.05) is 0 Å². The second-order valence-electron chi connectivity index (χ2n) is 8.83. The molecular weight excluding hydrogens is 461 g/mol. The zero-order valence-corrected chi connectivity index (χ0v) is 20.1. The lowest BCUT2D eigenvalue weighted by Gasteiger charge is -2.21. The molecule has 7 aromatic rings. The molecule has 0 fully saturated rings. The van der Waals surface area contributed by atoms with Crippen LogP contribution in [0.3, 0.4) is 0 Å². The average Bonchev–Trinajstić information content (AvgIpc) is 2.96. The number of fused-ring (bicyclic) bond motifs is 6. The summed E-state index contributed by atoms with van der Waals surface area (Å²) in [7, 11) is -3.28. The lowest BCUT2D eigenvalue weighted by Crippen LogP contribution is -2.27. The zero-order valence-electron chi connectivity index (χ0n) is 19.2. The Bertz CT molecular complexity index is 1930. The Balaban J connectivity index is 1.63. The standard InChI is InChI=1S/C31H20N3OP/c35-36(23-11-3-1-4-12-23,24-13-5-2-6-14-24)31-26-16-8-7-15-25(26)30-27(33-31)20-22-18-17-21-10-9-19-32-28(21)29(22)34-30/h1-20H. The van der Waals surface area contributed by atoms with Crippen molar-refractivity contribution in [1.82, 2.24) is 15.0 Å². The molecule has 0 bridgehead atoms. The van der Waals surface area contributed by atoms with E-state index in [-0.39, 0.29) is 0 Å². The molecule has 0 unspecified atom stereocenters. The highest BCUT2D eigenvalue weighted by atomic mass is 31.2. The maximum atomic E-state index is 15.2. The lowest BCUT2D eigenvalue weighted by atomic mass is 10.1. The van der Waals surface area contributed by atoms with Gasteiger partial charge in [-0.2, -0.15) is 0 Å². The summed E-state index contributed by atoms with van der Waals surface area (Å²) in [5.41, 5.74) is 3.80. The van der Waals surface area contributed by atoms with E-state index in [4.69, 9.17) is 9.97 Å². The summed E-state index contributed by atoms with van der Waals surface area (Å²) < 4.78 is 15.2. The summed E-state index contributed by atoms with van der Waals surface area (Å²) in [6.45, 7) is 0. The van der Waals surface area contributed by atoms with Crippen molar-refractivity contribution in [3.8, 4) is 0 Å². The molecule has 0 amide bonds. The first-order valence-electron chi connectivity index (χ1n) is 11.8. The van der Waals surface area contributed by atoms with E-state index in [9.17, 15) is 0 Å². The summed E-state index contributed by atoms with van der Waals surface area (Å²) in [5, 5.41) is 5.30. The third-order valence-electron chi connectivity index (χ3n) is 6.72. The second kappa shape index (κ2) is 8.08. The summed E-state index contributed by atoms with van der Waals surface area (Å²) in [4.78, 5) is 14.8. The van der Waals surface area contributed by atoms with Crippen molar-refractivity contribution in [3.05, 3.63) is 121 Å². The molecule has 3 heterocycles. The molecule has 3 aromatic heterocycles. The first kappa shape index (κ1) is 20.9. The van der Waals surface area contributed by atoms with Crippen molar-refractivity contribution in [2.24, 2.45) is 0 Å². The minimum Gasteiger partial charge on any atom is -0.307 e. The quantitative estimate of drug-likeness (QED) is 0.173. The van der Waals surface area contributed by atoms with Crippen molar-refractivity contribution in [3.63, 3.8) is 0 Å². The van der Waals surface area contributed by atoms with Gasteiger partial charge in [0.1, 0.15) is 5.44 Å². The molecule has 36 heavy (non-hydrogen) atoms. The van der Waals surface area contributed by atoms with Gasteiger partial charge in [0.05, 0.1) is 22.1 Å². The first-order valence-corrected chi connectivity index (χ1v) is 13.5. The Hall–Kier alpha value is -4.40. The minimum atomic E-state index is -3.28. The molecule has 0 aliphatic carbocycles. The van der Waals surface area contributed by atoms with Crippen LogP contribution in [0, 0.1) is 0 Å². The van der Waals surface area contributed by atoms with Crippen LogP contribution in [0.25, 0.3) is 43.6 Å². The van der Waals surface area contributed by atoms with Gasteiger partial charge in [0.2, 0.25) is 0 Å². The fourth-order valence-corrected chi connectivity index (χ4v) is 7.77. The fraction of sp³-hybridized carbons (Fsp3) is 0. The maximum absolute atomic E-state index is 15.2. The van der Waals surface area contributed by atoms with Crippen molar-refractivity contribution in [2.45, 2.75) is 0 Å². The molecular formula is C31H20N3OP. The topological polar surface area (TPSA) is 55.7 Å². The zero-order chi connectivity index (χ0) is 24.1. The van der Waals surface area contributed by atoms with E-state index in [0.717, 1.165) is 54.2 Å². The molecule has 0 saturated heterocycles. The predicted molar refractivity (Wildman–Crippen MR) is 149 cm³/mol. The van der Waals surface area contributed by atoms with Crippen LogP contribution in [0.1, 0.15) is 0 Å². The van der Waals surface area contributed by atoms with E-state index in [1.165, 1.54) is 0 Å². The van der Waals surface area contributed by atoms with Crippen LogP contribution in [0.4, 0.5) is 0 Å². The predicted octanol–water partition coefficient (Wildman–Crippen LogP) is 6.12. The van der Waals surface area contributed by atoms with Gasteiger partial charge in [0.15, 0.2) is 7.14 Å². The van der Waals surface area contributed by atoms with Gasteiger partial charge in [0.25, 0.3) is 0 Å². The Morgan fingerprint density at radius 3 is 1.89 bits per heavy atom. The van der Waals surface area contributed by atoms with Gasteiger partial charge in [-0.3, -0.25) is 4.98 Å². The Labute approximate surface area is 207 Å². The Morgan fingerprint density at radius 2 is 1.17 bits per heavy atom. The molecule has 0 saturated carbocycles. The second-order valence-corrected chi connectivity index (χ2v) is 11.5. The maximum Gasteiger partial charge on any atom is 0.189 e. The van der Waals surface area contributed by atoms with Gasteiger partial charge in [-0.15, -0.1) is 0 Å².